The van der Waals surface area contributed by atoms with Gasteiger partial charge in [0.15, 0.2) is 17.6 Å². The first-order chi connectivity index (χ1) is 17.0. The van der Waals surface area contributed by atoms with E-state index in [4.69, 9.17) is 18.9 Å². The monoisotopic (exact) mass is 477 g/mol. The minimum atomic E-state index is -0.903. The maximum absolute atomic E-state index is 12.7. The Morgan fingerprint density at radius 1 is 1.03 bits per heavy atom. The number of rotatable bonds is 7. The summed E-state index contributed by atoms with van der Waals surface area (Å²) in [7, 11) is 3.40. The van der Waals surface area contributed by atoms with E-state index in [1.807, 2.05) is 18.2 Å². The number of piperidine rings is 1. The highest BCUT2D eigenvalue weighted by Crippen LogP contribution is 2.67. The number of ether oxygens (including phenoxy) is 4. The molecule has 1 unspecified atom stereocenters. The Morgan fingerprint density at radius 2 is 1.83 bits per heavy atom. The molecule has 0 amide bonds. The second kappa shape index (κ2) is 7.69. The predicted molar refractivity (Wildman–Crippen MR) is 131 cm³/mol. The van der Waals surface area contributed by atoms with Gasteiger partial charge in [-0.2, -0.15) is 0 Å². The van der Waals surface area contributed by atoms with Crippen LogP contribution in [0.3, 0.4) is 0 Å². The van der Waals surface area contributed by atoms with Crippen molar-refractivity contribution in [2.75, 3.05) is 27.3 Å². The number of hydrogen-bond donors (Lipinski definition) is 1. The zero-order chi connectivity index (χ0) is 23.8. The van der Waals surface area contributed by atoms with Crippen LogP contribution in [0, 0.1) is 5.92 Å². The molecule has 7 rings (SSSR count). The quantitative estimate of drug-likeness (QED) is 0.612. The Balaban J connectivity index is 1.35. The fourth-order valence-electron chi connectivity index (χ4n) is 7.78. The van der Waals surface area contributed by atoms with Crippen molar-refractivity contribution in [1.29, 1.82) is 0 Å². The maximum Gasteiger partial charge on any atom is 0.206 e. The van der Waals surface area contributed by atoms with Crippen molar-refractivity contribution < 1.29 is 24.1 Å². The molecule has 2 heterocycles. The van der Waals surface area contributed by atoms with Gasteiger partial charge in [-0.25, -0.2) is 0 Å². The van der Waals surface area contributed by atoms with Crippen LogP contribution in [0.25, 0.3) is 0 Å². The summed E-state index contributed by atoms with van der Waals surface area (Å²) in [6.45, 7) is 2.52. The lowest BCUT2D eigenvalue weighted by Gasteiger charge is -2.65. The third kappa shape index (κ3) is 2.91. The fraction of sp³-hybridized carbons (Fsp3) is 0.586. The lowest BCUT2D eigenvalue weighted by atomic mass is 9.48. The normalized spacial score (nSPS) is 34.3. The van der Waals surface area contributed by atoms with Crippen molar-refractivity contribution in [2.45, 2.75) is 74.1 Å². The highest BCUT2D eigenvalue weighted by atomic mass is 16.7. The van der Waals surface area contributed by atoms with Crippen LogP contribution in [0.4, 0.5) is 0 Å². The third-order valence-electron chi connectivity index (χ3n) is 9.68. The van der Waals surface area contributed by atoms with E-state index in [1.165, 1.54) is 18.4 Å². The molecule has 1 N–H and O–H groups in total. The van der Waals surface area contributed by atoms with Crippen molar-refractivity contribution in [2.24, 2.45) is 5.92 Å². The van der Waals surface area contributed by atoms with Gasteiger partial charge in [0.25, 0.3) is 0 Å². The van der Waals surface area contributed by atoms with E-state index in [0.29, 0.717) is 19.4 Å². The number of nitrogens with zero attached hydrogens (tertiary/aromatic N) is 1. The van der Waals surface area contributed by atoms with E-state index in [2.05, 4.69) is 29.2 Å². The molecule has 4 atom stereocenters. The third-order valence-corrected chi connectivity index (χ3v) is 9.68. The number of aliphatic hydroxyl groups is 1. The number of hydrogen-bond acceptors (Lipinski definition) is 6. The van der Waals surface area contributed by atoms with Crippen LogP contribution in [0.1, 0.15) is 48.8 Å². The summed E-state index contributed by atoms with van der Waals surface area (Å²) in [6, 6.07) is 14.5. The van der Waals surface area contributed by atoms with Gasteiger partial charge < -0.3 is 24.1 Å². The van der Waals surface area contributed by atoms with Crippen molar-refractivity contribution in [3.8, 4) is 11.5 Å². The molecule has 2 bridgehead atoms. The van der Waals surface area contributed by atoms with Gasteiger partial charge in [0.1, 0.15) is 6.61 Å². The molecule has 2 aliphatic heterocycles. The summed E-state index contributed by atoms with van der Waals surface area (Å²) >= 11 is 0. The molecular weight excluding hydrogens is 442 g/mol. The first-order valence-electron chi connectivity index (χ1n) is 13.1. The molecule has 6 heteroatoms. The van der Waals surface area contributed by atoms with E-state index in [0.717, 1.165) is 54.5 Å². The topological polar surface area (TPSA) is 60.4 Å². The summed E-state index contributed by atoms with van der Waals surface area (Å²) < 4.78 is 25.3. The van der Waals surface area contributed by atoms with Crippen LogP contribution in [0.2, 0.25) is 0 Å². The molecule has 1 spiro atoms. The average molecular weight is 478 g/mol. The average Bonchev–Trinajstić information content (AvgIpc) is 3.63. The fourth-order valence-corrected chi connectivity index (χ4v) is 7.78. The summed E-state index contributed by atoms with van der Waals surface area (Å²) in [5.74, 6) is 1.39. The zero-order valence-corrected chi connectivity index (χ0v) is 20.7. The van der Waals surface area contributed by atoms with Crippen LogP contribution < -0.4 is 9.47 Å². The summed E-state index contributed by atoms with van der Waals surface area (Å²) in [5, 5.41) is 12.7. The van der Waals surface area contributed by atoms with E-state index in [1.54, 1.807) is 14.2 Å². The van der Waals surface area contributed by atoms with Crippen molar-refractivity contribution >= 4 is 0 Å². The molecule has 2 saturated carbocycles. The lowest BCUT2D eigenvalue weighted by Crippen LogP contribution is -2.79. The first-order valence-corrected chi connectivity index (χ1v) is 13.1. The minimum Gasteiger partial charge on any atom is -0.485 e. The van der Waals surface area contributed by atoms with E-state index < -0.39 is 22.9 Å². The molecule has 2 aromatic carbocycles. The van der Waals surface area contributed by atoms with Gasteiger partial charge in [0, 0.05) is 38.8 Å². The van der Waals surface area contributed by atoms with Gasteiger partial charge in [-0.15, -0.1) is 0 Å². The number of methoxy groups -OCH3 is 2. The second-order valence-corrected chi connectivity index (χ2v) is 11.2. The standard InChI is InChI=1S/C29H35NO5/c1-32-29(33-2)13-12-28(31)23-16-21-10-11-22(34-18-20-6-4-3-5-7-20)25-24(21)27(28,26(29)35-25)14-15-30(23)17-19-8-9-19/h3-7,10-11,19,23,26,31H,8-9,12-18H2,1-2H3/t23-,26?,27+,28-/m1/s1. The molecule has 0 radical (unpaired) electrons. The predicted octanol–water partition coefficient (Wildman–Crippen LogP) is 3.82. The van der Waals surface area contributed by atoms with Crippen LogP contribution in [-0.4, -0.2) is 60.8 Å². The van der Waals surface area contributed by atoms with Gasteiger partial charge in [-0.1, -0.05) is 36.4 Å². The van der Waals surface area contributed by atoms with E-state index in [9.17, 15) is 5.11 Å². The van der Waals surface area contributed by atoms with Gasteiger partial charge >= 0.3 is 0 Å². The second-order valence-electron chi connectivity index (χ2n) is 11.2. The van der Waals surface area contributed by atoms with Crippen LogP contribution >= 0.6 is 0 Å². The Hall–Kier alpha value is -2.12. The van der Waals surface area contributed by atoms with Gasteiger partial charge in [-0.3, -0.25) is 4.90 Å². The van der Waals surface area contributed by atoms with Crippen LogP contribution in [0.15, 0.2) is 42.5 Å². The molecule has 186 valence electrons. The molecule has 6 nitrogen and oxygen atoms in total. The Morgan fingerprint density at radius 3 is 2.57 bits per heavy atom. The van der Waals surface area contributed by atoms with Crippen LogP contribution in [0.5, 0.6) is 11.5 Å². The number of benzene rings is 2. The van der Waals surface area contributed by atoms with Gasteiger partial charge in [0.2, 0.25) is 5.79 Å². The largest absolute Gasteiger partial charge is 0.485 e. The van der Waals surface area contributed by atoms with E-state index >= 15 is 0 Å². The molecule has 35 heavy (non-hydrogen) atoms. The van der Waals surface area contributed by atoms with Crippen molar-refractivity contribution in [3.63, 3.8) is 0 Å². The molecule has 1 saturated heterocycles. The molecule has 2 aromatic rings. The lowest BCUT2D eigenvalue weighted by molar-refractivity contribution is -0.319. The highest BCUT2D eigenvalue weighted by Gasteiger charge is 2.76. The molecule has 3 fully saturated rings. The van der Waals surface area contributed by atoms with Crippen LogP contribution in [-0.2, 0) is 27.9 Å². The molecule has 3 aliphatic carbocycles. The maximum atomic E-state index is 12.7. The zero-order valence-electron chi connectivity index (χ0n) is 20.7. The minimum absolute atomic E-state index is 0.0872. The molecule has 5 aliphatic rings. The Bertz CT molecular complexity index is 1130. The number of likely N-dealkylation sites (tertiary alicyclic amines) is 1. The van der Waals surface area contributed by atoms with Crippen molar-refractivity contribution in [3.05, 3.63) is 59.2 Å². The molecule has 0 aromatic heterocycles. The smallest absolute Gasteiger partial charge is 0.206 e. The first kappa shape index (κ1) is 22.1. The van der Waals surface area contributed by atoms with Gasteiger partial charge in [0.05, 0.1) is 11.0 Å². The summed E-state index contributed by atoms with van der Waals surface area (Å²) in [6.07, 6.45) is 5.11. The Kier molecular flexibility index (Phi) is 4.86. The van der Waals surface area contributed by atoms with Gasteiger partial charge in [-0.05, 0) is 61.8 Å². The molecular formula is C29H35NO5. The SMILES string of the molecule is COC1(OC)CC[C@@]2(O)[C@H]3Cc4ccc(OCc5ccccc5)c5c4[C@@]2(CCN3CC2CC2)C1O5. The summed E-state index contributed by atoms with van der Waals surface area (Å²) in [5.41, 5.74) is 2.06. The summed E-state index contributed by atoms with van der Waals surface area (Å²) in [4.78, 5) is 2.58. The van der Waals surface area contributed by atoms with Crippen molar-refractivity contribution in [1.82, 2.24) is 4.90 Å². The highest BCUT2D eigenvalue weighted by molar-refractivity contribution is 5.63. The van der Waals surface area contributed by atoms with E-state index in [-0.39, 0.29) is 6.04 Å². The Labute approximate surface area is 207 Å².